The molecule has 0 radical (unpaired) electrons. The Balaban J connectivity index is 1.87. The number of fused-ring (bicyclic) bond motifs is 1. The molecule has 1 aliphatic rings. The van der Waals surface area contributed by atoms with Gasteiger partial charge in [-0.25, -0.2) is 0 Å². The molecule has 3 heterocycles. The van der Waals surface area contributed by atoms with Crippen molar-refractivity contribution >= 4 is 5.91 Å². The Kier molecular flexibility index (Phi) is 3.84. The van der Waals surface area contributed by atoms with Gasteiger partial charge >= 0.3 is 0 Å². The number of hydrogen-bond donors (Lipinski definition) is 0. The number of hydrogen-bond acceptors (Lipinski definition) is 3. The molecule has 5 nitrogen and oxygen atoms in total. The van der Waals surface area contributed by atoms with Crippen molar-refractivity contribution in [3.8, 4) is 0 Å². The van der Waals surface area contributed by atoms with Gasteiger partial charge in [0.1, 0.15) is 0 Å². The number of ether oxygens (including phenoxy) is 1. The van der Waals surface area contributed by atoms with E-state index >= 15 is 0 Å². The first-order chi connectivity index (χ1) is 10.2. The molecule has 5 heteroatoms. The minimum Gasteiger partial charge on any atom is -0.459 e. The van der Waals surface area contributed by atoms with Crippen LogP contribution < -0.4 is 0 Å². The molecule has 3 rings (SSSR count). The van der Waals surface area contributed by atoms with Gasteiger partial charge in [-0.15, -0.1) is 0 Å². The minimum absolute atomic E-state index is 0.00266. The quantitative estimate of drug-likeness (QED) is 0.871. The minimum atomic E-state index is -0.0724. The molecule has 1 amide bonds. The lowest BCUT2D eigenvalue weighted by atomic mass is 10.2. The molecule has 0 bridgehead atoms. The van der Waals surface area contributed by atoms with Crippen LogP contribution in [0, 0.1) is 6.92 Å². The van der Waals surface area contributed by atoms with Crippen molar-refractivity contribution in [1.29, 1.82) is 0 Å². The maximum Gasteiger partial charge on any atom is 0.290 e. The largest absolute Gasteiger partial charge is 0.459 e. The number of amides is 1. The highest BCUT2D eigenvalue weighted by Gasteiger charge is 2.27. The maximum atomic E-state index is 12.7. The molecule has 21 heavy (non-hydrogen) atoms. The van der Waals surface area contributed by atoms with Crippen LogP contribution in [0.1, 0.15) is 28.7 Å². The molecule has 0 fully saturated rings. The number of carbonyl (C=O) groups is 1. The van der Waals surface area contributed by atoms with E-state index in [1.807, 2.05) is 43.1 Å². The number of rotatable bonds is 3. The second-order valence-electron chi connectivity index (χ2n) is 5.35. The summed E-state index contributed by atoms with van der Waals surface area (Å²) in [5.41, 5.74) is 1.99. The summed E-state index contributed by atoms with van der Waals surface area (Å²) in [4.78, 5) is 14.5. The van der Waals surface area contributed by atoms with E-state index in [1.54, 1.807) is 6.26 Å². The van der Waals surface area contributed by atoms with Crippen LogP contribution in [0.5, 0.6) is 0 Å². The van der Waals surface area contributed by atoms with Crippen molar-refractivity contribution in [3.63, 3.8) is 0 Å². The van der Waals surface area contributed by atoms with Crippen LogP contribution in [0.25, 0.3) is 0 Å². The van der Waals surface area contributed by atoms with Gasteiger partial charge in [0.05, 0.1) is 25.5 Å². The van der Waals surface area contributed by atoms with Crippen molar-refractivity contribution in [3.05, 3.63) is 47.7 Å². The van der Waals surface area contributed by atoms with Gasteiger partial charge in [-0.3, -0.25) is 4.79 Å². The van der Waals surface area contributed by atoms with Crippen LogP contribution in [0.2, 0.25) is 0 Å². The number of nitrogens with zero attached hydrogens (tertiary/aromatic N) is 2. The standard InChI is InChI=1S/C16H20N2O3/c1-3-20-14-10-17-7-4-5-13(17)9-18(11-14)16(19)15-12(2)6-8-21-15/h4-8,14H,3,9-11H2,1-2H3/t14-/m1/s1. The summed E-state index contributed by atoms with van der Waals surface area (Å²) in [7, 11) is 0. The van der Waals surface area contributed by atoms with Gasteiger partial charge in [0.2, 0.25) is 0 Å². The molecule has 112 valence electrons. The highest BCUT2D eigenvalue weighted by Crippen LogP contribution is 2.19. The first-order valence-corrected chi connectivity index (χ1v) is 7.28. The summed E-state index contributed by atoms with van der Waals surface area (Å²) >= 11 is 0. The van der Waals surface area contributed by atoms with Crippen molar-refractivity contribution in [1.82, 2.24) is 9.47 Å². The molecule has 0 aliphatic carbocycles. The molecule has 1 atom stereocenters. The van der Waals surface area contributed by atoms with E-state index in [2.05, 4.69) is 4.57 Å². The lowest BCUT2D eigenvalue weighted by Gasteiger charge is -2.23. The second kappa shape index (κ2) is 5.77. The molecule has 0 aromatic carbocycles. The van der Waals surface area contributed by atoms with Crippen LogP contribution in [-0.2, 0) is 17.8 Å². The Labute approximate surface area is 124 Å². The van der Waals surface area contributed by atoms with Crippen LogP contribution in [0.15, 0.2) is 35.1 Å². The predicted octanol–water partition coefficient (Wildman–Crippen LogP) is 2.45. The topological polar surface area (TPSA) is 47.6 Å². The summed E-state index contributed by atoms with van der Waals surface area (Å²) in [6.07, 6.45) is 3.60. The molecular formula is C16H20N2O3. The zero-order chi connectivity index (χ0) is 14.8. The average Bonchev–Trinajstić information content (AvgIpc) is 3.03. The molecule has 1 aliphatic heterocycles. The van der Waals surface area contributed by atoms with Crippen LogP contribution >= 0.6 is 0 Å². The van der Waals surface area contributed by atoms with Crippen molar-refractivity contribution in [2.24, 2.45) is 0 Å². The monoisotopic (exact) mass is 288 g/mol. The van der Waals surface area contributed by atoms with E-state index in [0.29, 0.717) is 25.5 Å². The van der Waals surface area contributed by atoms with E-state index in [9.17, 15) is 4.79 Å². The summed E-state index contributed by atoms with van der Waals surface area (Å²) in [6, 6.07) is 5.86. The van der Waals surface area contributed by atoms with E-state index in [0.717, 1.165) is 17.8 Å². The smallest absolute Gasteiger partial charge is 0.290 e. The van der Waals surface area contributed by atoms with E-state index in [4.69, 9.17) is 9.15 Å². The summed E-state index contributed by atoms with van der Waals surface area (Å²) in [5.74, 6) is 0.349. The van der Waals surface area contributed by atoms with Gasteiger partial charge in [-0.05, 0) is 32.0 Å². The summed E-state index contributed by atoms with van der Waals surface area (Å²) in [5, 5.41) is 0. The van der Waals surface area contributed by atoms with Crippen molar-refractivity contribution < 1.29 is 13.9 Å². The highest BCUT2D eigenvalue weighted by atomic mass is 16.5. The van der Waals surface area contributed by atoms with Gasteiger partial charge < -0.3 is 18.6 Å². The van der Waals surface area contributed by atoms with E-state index < -0.39 is 0 Å². The van der Waals surface area contributed by atoms with Gasteiger partial charge in [0.25, 0.3) is 5.91 Å². The lowest BCUT2D eigenvalue weighted by molar-refractivity contribution is 0.0247. The van der Waals surface area contributed by atoms with E-state index in [1.165, 1.54) is 0 Å². The van der Waals surface area contributed by atoms with Crippen LogP contribution in [0.3, 0.4) is 0 Å². The van der Waals surface area contributed by atoms with Gasteiger partial charge in [-0.1, -0.05) is 0 Å². The van der Waals surface area contributed by atoms with Crippen LogP contribution in [-0.4, -0.2) is 34.6 Å². The fraction of sp³-hybridized carbons (Fsp3) is 0.438. The Morgan fingerprint density at radius 2 is 2.29 bits per heavy atom. The zero-order valence-electron chi connectivity index (χ0n) is 12.4. The Bertz CT molecular complexity index is 629. The van der Waals surface area contributed by atoms with Crippen LogP contribution in [0.4, 0.5) is 0 Å². The van der Waals surface area contributed by atoms with Gasteiger partial charge in [0, 0.05) is 30.6 Å². The fourth-order valence-electron chi connectivity index (χ4n) is 2.79. The average molecular weight is 288 g/mol. The number of aromatic nitrogens is 1. The third kappa shape index (κ3) is 2.74. The lowest BCUT2D eigenvalue weighted by Crippen LogP contribution is -2.37. The number of aryl methyl sites for hydroxylation is 1. The molecule has 2 aromatic heterocycles. The third-order valence-electron chi connectivity index (χ3n) is 3.85. The summed E-state index contributed by atoms with van der Waals surface area (Å²) < 4.78 is 13.3. The zero-order valence-corrected chi connectivity index (χ0v) is 12.4. The Morgan fingerprint density at radius 1 is 1.43 bits per heavy atom. The molecule has 0 saturated heterocycles. The highest BCUT2D eigenvalue weighted by molar-refractivity contribution is 5.92. The molecule has 0 spiro atoms. The Morgan fingerprint density at radius 3 is 3.00 bits per heavy atom. The first kappa shape index (κ1) is 13.9. The first-order valence-electron chi connectivity index (χ1n) is 7.28. The molecule has 0 unspecified atom stereocenters. The van der Waals surface area contributed by atoms with E-state index in [-0.39, 0.29) is 12.0 Å². The number of furan rings is 1. The predicted molar refractivity (Wildman–Crippen MR) is 78.0 cm³/mol. The normalized spacial score (nSPS) is 18.4. The second-order valence-corrected chi connectivity index (χ2v) is 5.35. The third-order valence-corrected chi connectivity index (χ3v) is 3.85. The Hall–Kier alpha value is -2.01. The van der Waals surface area contributed by atoms with Gasteiger partial charge in [-0.2, -0.15) is 0 Å². The van der Waals surface area contributed by atoms with Crippen molar-refractivity contribution in [2.75, 3.05) is 13.2 Å². The molecule has 2 aromatic rings. The fourth-order valence-corrected chi connectivity index (χ4v) is 2.79. The number of carbonyl (C=O) groups excluding carboxylic acids is 1. The maximum absolute atomic E-state index is 12.7. The van der Waals surface area contributed by atoms with Gasteiger partial charge in [0.15, 0.2) is 5.76 Å². The SMILES string of the molecule is CCO[C@H]1CN(C(=O)c2occc2C)Cc2cccn2C1. The molecule has 0 N–H and O–H groups in total. The molecular weight excluding hydrogens is 268 g/mol. The van der Waals surface area contributed by atoms with Crippen molar-refractivity contribution in [2.45, 2.75) is 33.0 Å². The summed E-state index contributed by atoms with van der Waals surface area (Å²) in [6.45, 7) is 6.44. The molecule has 0 saturated carbocycles.